The predicted octanol–water partition coefficient (Wildman–Crippen LogP) is 3.87. The van der Waals surface area contributed by atoms with Crippen molar-refractivity contribution < 1.29 is 0 Å². The summed E-state index contributed by atoms with van der Waals surface area (Å²) in [6.07, 6.45) is 9.11. The van der Waals surface area contributed by atoms with Crippen LogP contribution in [0.5, 0.6) is 0 Å². The molecule has 10 heteroatoms. The van der Waals surface area contributed by atoms with Crippen molar-refractivity contribution in [2.45, 2.75) is 77.0 Å². The average molecular weight is 579 g/mol. The summed E-state index contributed by atoms with van der Waals surface area (Å²) < 4.78 is 3.74. The molecule has 0 saturated carbocycles. The zero-order valence-electron chi connectivity index (χ0n) is 24.6. The van der Waals surface area contributed by atoms with E-state index < -0.39 is 0 Å². The number of benzene rings is 1. The number of aromatic nitrogens is 4. The molecule has 6 atom stereocenters. The van der Waals surface area contributed by atoms with E-state index in [2.05, 4.69) is 40.1 Å². The summed E-state index contributed by atoms with van der Waals surface area (Å²) >= 11 is 6.43. The minimum atomic E-state index is -0.0259. The maximum Gasteiger partial charge on any atom is 0.254 e. The predicted molar refractivity (Wildman–Crippen MR) is 163 cm³/mol. The Balaban J connectivity index is 1.33. The molecule has 3 N–H and O–H groups in total. The number of rotatable bonds is 3. The number of nitrogens with one attached hydrogen (secondary N) is 3. The maximum absolute atomic E-state index is 13.9. The number of fused-ring (bicyclic) bond motifs is 4. The van der Waals surface area contributed by atoms with Crippen LogP contribution >= 0.6 is 11.6 Å². The summed E-state index contributed by atoms with van der Waals surface area (Å²) in [5.41, 5.74) is 7.87. The van der Waals surface area contributed by atoms with E-state index >= 15 is 0 Å². The number of aryl methyl sites for hydroxylation is 2. The first kappa shape index (κ1) is 28.6. The molecule has 3 aromatic rings. The van der Waals surface area contributed by atoms with Crippen LogP contribution < -0.4 is 21.6 Å². The number of halogens is 1. The molecule has 0 amide bonds. The minimum Gasteiger partial charge on any atom is -0.312 e. The Morgan fingerprint density at radius 2 is 1.90 bits per heavy atom. The molecule has 41 heavy (non-hydrogen) atoms. The molecule has 220 valence electrons. The lowest BCUT2D eigenvalue weighted by Crippen LogP contribution is -2.54. The highest BCUT2D eigenvalue weighted by atomic mass is 35.5. The van der Waals surface area contributed by atoms with E-state index in [1.165, 1.54) is 0 Å². The highest BCUT2D eigenvalue weighted by Crippen LogP contribution is 2.34. The second-order valence-corrected chi connectivity index (χ2v) is 12.9. The molecule has 3 aliphatic rings. The van der Waals surface area contributed by atoms with E-state index in [1.807, 2.05) is 47.5 Å². The molecule has 4 unspecified atom stereocenters. The third kappa shape index (κ3) is 5.88. The van der Waals surface area contributed by atoms with Crippen LogP contribution in [0.3, 0.4) is 0 Å². The first-order valence-corrected chi connectivity index (χ1v) is 15.5. The standard InChI is InChI=1S/C31H43ClN8O/c1-19-6-5-7-29(26-12-22(10-11-33-26)31-27(34-15-19)16-36-38(31)4)39-18-35-25(14-30(39)41)24-13-23(32)8-9-28(24)40-17-20(2)21(3)37-40/h8-9,13-14,17-19,22,26-27,29,31,33-34,36H,5-7,10-12,15-16H2,1-4H3/t19-,22?,26?,27?,29+,31?/m1/s1. The average Bonchev–Trinajstić information content (AvgIpc) is 3.50. The van der Waals surface area contributed by atoms with Gasteiger partial charge in [-0.05, 0) is 88.2 Å². The molecule has 3 fully saturated rings. The third-order valence-corrected chi connectivity index (χ3v) is 9.83. The first-order valence-electron chi connectivity index (χ1n) is 15.1. The van der Waals surface area contributed by atoms with Crippen molar-refractivity contribution in [2.24, 2.45) is 11.8 Å². The second kappa shape index (κ2) is 12.0. The van der Waals surface area contributed by atoms with Crippen molar-refractivity contribution in [1.82, 2.24) is 40.4 Å². The van der Waals surface area contributed by atoms with Gasteiger partial charge in [0.05, 0.1) is 29.4 Å². The molecule has 0 radical (unpaired) electrons. The highest BCUT2D eigenvalue weighted by molar-refractivity contribution is 6.31. The summed E-state index contributed by atoms with van der Waals surface area (Å²) in [5, 5.41) is 15.3. The van der Waals surface area contributed by atoms with Gasteiger partial charge in [-0.1, -0.05) is 24.9 Å². The van der Waals surface area contributed by atoms with E-state index in [4.69, 9.17) is 16.6 Å². The smallest absolute Gasteiger partial charge is 0.254 e. The maximum atomic E-state index is 13.9. The fourth-order valence-electron chi connectivity index (χ4n) is 7.21. The Labute approximate surface area is 247 Å². The van der Waals surface area contributed by atoms with Gasteiger partial charge in [-0.3, -0.25) is 14.8 Å². The molecule has 6 rings (SSSR count). The van der Waals surface area contributed by atoms with E-state index in [9.17, 15) is 4.79 Å². The van der Waals surface area contributed by atoms with Crippen molar-refractivity contribution in [3.63, 3.8) is 0 Å². The molecule has 0 spiro atoms. The largest absolute Gasteiger partial charge is 0.312 e. The van der Waals surface area contributed by atoms with Crippen LogP contribution in [0.2, 0.25) is 5.02 Å². The molecule has 3 saturated heterocycles. The van der Waals surface area contributed by atoms with Crippen LogP contribution in [0.1, 0.15) is 56.3 Å². The molecule has 5 heterocycles. The molecule has 3 aliphatic heterocycles. The van der Waals surface area contributed by atoms with E-state index in [0.29, 0.717) is 34.6 Å². The van der Waals surface area contributed by atoms with Gasteiger partial charge in [-0.25, -0.2) is 14.7 Å². The zero-order valence-corrected chi connectivity index (χ0v) is 25.4. The SMILES string of the molecule is Cc1cn(-c2ccc(Cl)cc2-c2cc(=O)n([C@H]3CCC[C@@H](C)CNC4CNN(C)C4C4CCNC3C4)cn2)nc1C. The first-order chi connectivity index (χ1) is 19.8. The number of likely N-dealkylation sites (N-methyl/N-ethyl adjacent to an activating group) is 1. The highest BCUT2D eigenvalue weighted by Gasteiger charge is 2.41. The molecule has 9 nitrogen and oxygen atoms in total. The van der Waals surface area contributed by atoms with Crippen LogP contribution in [0.4, 0.5) is 0 Å². The molecule has 2 aromatic heterocycles. The van der Waals surface area contributed by atoms with E-state index in [-0.39, 0.29) is 17.6 Å². The van der Waals surface area contributed by atoms with Crippen LogP contribution in [-0.2, 0) is 0 Å². The van der Waals surface area contributed by atoms with Gasteiger partial charge in [0, 0.05) is 54.6 Å². The van der Waals surface area contributed by atoms with Gasteiger partial charge >= 0.3 is 0 Å². The molecular weight excluding hydrogens is 536 g/mol. The fraction of sp³-hybridized carbons (Fsp3) is 0.581. The molecule has 0 aliphatic carbocycles. The van der Waals surface area contributed by atoms with E-state index in [0.717, 1.165) is 74.2 Å². The minimum absolute atomic E-state index is 0.0259. The van der Waals surface area contributed by atoms with Gasteiger partial charge in [-0.2, -0.15) is 5.10 Å². The lowest BCUT2D eigenvalue weighted by Gasteiger charge is -2.42. The number of piperidine rings is 1. The number of nitrogens with zero attached hydrogens (tertiary/aromatic N) is 5. The van der Waals surface area contributed by atoms with Crippen LogP contribution in [-0.4, -0.2) is 69.1 Å². The Hall–Kier alpha value is -2.56. The summed E-state index contributed by atoms with van der Waals surface area (Å²) in [6.45, 7) is 9.34. The quantitative estimate of drug-likeness (QED) is 0.434. The van der Waals surface area contributed by atoms with Gasteiger partial charge in [0.1, 0.15) is 0 Å². The zero-order chi connectivity index (χ0) is 28.7. The lowest BCUT2D eigenvalue weighted by atomic mass is 9.80. The van der Waals surface area contributed by atoms with Crippen LogP contribution in [0.25, 0.3) is 16.9 Å². The summed E-state index contributed by atoms with van der Waals surface area (Å²) in [5.74, 6) is 1.14. The summed E-state index contributed by atoms with van der Waals surface area (Å²) in [4.78, 5) is 18.7. The van der Waals surface area contributed by atoms with Crippen LogP contribution in [0.15, 0.2) is 41.6 Å². The van der Waals surface area contributed by atoms with Gasteiger partial charge in [0.25, 0.3) is 5.56 Å². The van der Waals surface area contributed by atoms with Crippen molar-refractivity contribution in [2.75, 3.05) is 26.7 Å². The number of hydrogen-bond donors (Lipinski definition) is 3. The normalized spacial score (nSPS) is 29.5. The topological polar surface area (TPSA) is 92.0 Å². The van der Waals surface area contributed by atoms with Gasteiger partial charge in [-0.15, -0.1) is 0 Å². The molecular formula is C31H43ClN8O. The molecule has 1 aromatic carbocycles. The Bertz CT molecular complexity index is 1420. The number of hydrogen-bond acceptors (Lipinski definition) is 7. The van der Waals surface area contributed by atoms with Crippen molar-refractivity contribution >= 4 is 11.6 Å². The summed E-state index contributed by atoms with van der Waals surface area (Å²) in [7, 11) is 2.18. The Kier molecular flexibility index (Phi) is 8.34. The van der Waals surface area contributed by atoms with Crippen LogP contribution in [0, 0.1) is 25.7 Å². The second-order valence-electron chi connectivity index (χ2n) is 12.5. The monoisotopic (exact) mass is 578 g/mol. The molecule has 2 bridgehead atoms. The van der Waals surface area contributed by atoms with Crippen molar-refractivity contribution in [3.05, 3.63) is 63.4 Å². The van der Waals surface area contributed by atoms with Gasteiger partial charge in [0.2, 0.25) is 0 Å². The van der Waals surface area contributed by atoms with Gasteiger partial charge in [0.15, 0.2) is 0 Å². The third-order valence-electron chi connectivity index (χ3n) is 9.59. The Morgan fingerprint density at radius 3 is 2.68 bits per heavy atom. The Morgan fingerprint density at radius 1 is 1.05 bits per heavy atom. The van der Waals surface area contributed by atoms with Crippen molar-refractivity contribution in [1.29, 1.82) is 0 Å². The fourth-order valence-corrected chi connectivity index (χ4v) is 7.39. The number of hydrazine groups is 1. The van der Waals surface area contributed by atoms with Crippen molar-refractivity contribution in [3.8, 4) is 16.9 Å². The van der Waals surface area contributed by atoms with E-state index in [1.54, 1.807) is 12.4 Å². The summed E-state index contributed by atoms with van der Waals surface area (Å²) in [6, 6.07) is 8.50. The lowest BCUT2D eigenvalue weighted by molar-refractivity contribution is 0.108. The van der Waals surface area contributed by atoms with Gasteiger partial charge < -0.3 is 10.6 Å².